The second-order valence-electron chi connectivity index (χ2n) is 4.73. The van der Waals surface area contributed by atoms with Gasteiger partial charge in [-0.2, -0.15) is 0 Å². The Morgan fingerprint density at radius 3 is 2.73 bits per heavy atom. The van der Waals surface area contributed by atoms with E-state index in [9.17, 15) is 8.42 Å². The minimum atomic E-state index is -3.65. The molecule has 3 heterocycles. The van der Waals surface area contributed by atoms with E-state index >= 15 is 0 Å². The number of aromatic nitrogens is 2. The van der Waals surface area contributed by atoms with Crippen molar-refractivity contribution in [3.8, 4) is 11.3 Å². The molecule has 0 aromatic carbocycles. The SMILES string of the molecule is Cc1cc(S(=O)(=O)Nc2cc(-c3cccnc3)on2)sc1C. The van der Waals surface area contributed by atoms with Crippen LogP contribution in [0.1, 0.15) is 10.4 Å². The molecule has 3 rings (SSSR count). The molecule has 0 saturated carbocycles. The number of hydrogen-bond acceptors (Lipinski definition) is 6. The number of sulfonamides is 1. The lowest BCUT2D eigenvalue weighted by Crippen LogP contribution is -2.11. The van der Waals surface area contributed by atoms with Gasteiger partial charge < -0.3 is 4.52 Å². The Labute approximate surface area is 131 Å². The topological polar surface area (TPSA) is 85.1 Å². The van der Waals surface area contributed by atoms with Gasteiger partial charge in [-0.15, -0.1) is 11.3 Å². The van der Waals surface area contributed by atoms with Crippen LogP contribution in [-0.4, -0.2) is 18.6 Å². The smallest absolute Gasteiger partial charge is 0.272 e. The molecule has 22 heavy (non-hydrogen) atoms. The van der Waals surface area contributed by atoms with Gasteiger partial charge in [-0.05, 0) is 37.6 Å². The van der Waals surface area contributed by atoms with Gasteiger partial charge in [0.15, 0.2) is 11.6 Å². The van der Waals surface area contributed by atoms with E-state index in [4.69, 9.17) is 4.52 Å². The fraction of sp³-hybridized carbons (Fsp3) is 0.143. The fourth-order valence-corrected chi connectivity index (χ4v) is 4.33. The maximum atomic E-state index is 12.3. The van der Waals surface area contributed by atoms with Crippen LogP contribution >= 0.6 is 11.3 Å². The van der Waals surface area contributed by atoms with Gasteiger partial charge in [-0.3, -0.25) is 9.71 Å². The molecule has 0 unspecified atom stereocenters. The van der Waals surface area contributed by atoms with E-state index in [1.807, 2.05) is 13.8 Å². The Bertz CT molecular complexity index is 879. The zero-order chi connectivity index (χ0) is 15.7. The number of thiophene rings is 1. The highest BCUT2D eigenvalue weighted by Crippen LogP contribution is 2.28. The molecule has 1 N–H and O–H groups in total. The van der Waals surface area contributed by atoms with Crippen molar-refractivity contribution in [3.63, 3.8) is 0 Å². The number of hydrogen-bond donors (Lipinski definition) is 1. The second kappa shape index (κ2) is 5.54. The molecule has 0 fully saturated rings. The molecule has 0 aliphatic carbocycles. The van der Waals surface area contributed by atoms with E-state index in [1.165, 1.54) is 17.4 Å². The van der Waals surface area contributed by atoms with Crippen molar-refractivity contribution in [3.05, 3.63) is 47.1 Å². The Hall–Kier alpha value is -2.19. The highest BCUT2D eigenvalue weighted by atomic mass is 32.2. The first-order chi connectivity index (χ1) is 10.5. The van der Waals surface area contributed by atoms with E-state index in [2.05, 4.69) is 14.9 Å². The van der Waals surface area contributed by atoms with Crippen molar-refractivity contribution in [2.24, 2.45) is 0 Å². The van der Waals surface area contributed by atoms with Crippen LogP contribution in [0.25, 0.3) is 11.3 Å². The van der Waals surface area contributed by atoms with Gasteiger partial charge in [-0.1, -0.05) is 5.16 Å². The molecule has 3 aromatic rings. The summed E-state index contributed by atoms with van der Waals surface area (Å²) in [4.78, 5) is 4.95. The third-order valence-electron chi connectivity index (χ3n) is 3.10. The summed E-state index contributed by atoms with van der Waals surface area (Å²) >= 11 is 1.22. The Morgan fingerprint density at radius 1 is 1.27 bits per heavy atom. The number of aryl methyl sites for hydroxylation is 2. The van der Waals surface area contributed by atoms with Crippen LogP contribution in [0.4, 0.5) is 5.82 Å². The zero-order valence-corrected chi connectivity index (χ0v) is 13.5. The number of pyridine rings is 1. The molecule has 0 aliphatic heterocycles. The maximum absolute atomic E-state index is 12.3. The van der Waals surface area contributed by atoms with Crippen LogP contribution in [0.15, 0.2) is 45.4 Å². The fourth-order valence-electron chi connectivity index (χ4n) is 1.83. The molecular formula is C14H13N3O3S2. The van der Waals surface area contributed by atoms with Crippen molar-refractivity contribution >= 4 is 27.2 Å². The predicted octanol–water partition coefficient (Wildman–Crippen LogP) is 3.22. The summed E-state index contributed by atoms with van der Waals surface area (Å²) in [6.45, 7) is 3.76. The Kier molecular flexibility index (Phi) is 3.71. The first-order valence-corrected chi connectivity index (χ1v) is 8.72. The minimum Gasteiger partial charge on any atom is -0.354 e. The summed E-state index contributed by atoms with van der Waals surface area (Å²) < 4.78 is 32.5. The molecule has 0 amide bonds. The van der Waals surface area contributed by atoms with Crippen molar-refractivity contribution in [2.75, 3.05) is 4.72 Å². The lowest BCUT2D eigenvalue weighted by atomic mass is 10.2. The molecule has 0 aliphatic rings. The van der Waals surface area contributed by atoms with E-state index in [0.717, 1.165) is 16.0 Å². The van der Waals surface area contributed by atoms with Crippen LogP contribution < -0.4 is 4.72 Å². The molecule has 3 aromatic heterocycles. The van der Waals surface area contributed by atoms with Crippen LogP contribution in [0.3, 0.4) is 0 Å². The second-order valence-corrected chi connectivity index (χ2v) is 7.89. The molecule has 114 valence electrons. The van der Waals surface area contributed by atoms with Gasteiger partial charge in [0.25, 0.3) is 10.0 Å². The van der Waals surface area contributed by atoms with Crippen LogP contribution in [0, 0.1) is 13.8 Å². The quantitative estimate of drug-likeness (QED) is 0.791. The highest BCUT2D eigenvalue weighted by molar-refractivity contribution is 7.94. The normalized spacial score (nSPS) is 11.5. The number of nitrogens with zero attached hydrogens (tertiary/aromatic N) is 2. The van der Waals surface area contributed by atoms with E-state index < -0.39 is 10.0 Å². The monoisotopic (exact) mass is 335 g/mol. The lowest BCUT2D eigenvalue weighted by Gasteiger charge is -2.00. The van der Waals surface area contributed by atoms with Crippen molar-refractivity contribution < 1.29 is 12.9 Å². The molecule has 6 nitrogen and oxygen atoms in total. The third-order valence-corrected chi connectivity index (χ3v) is 6.08. The van der Waals surface area contributed by atoms with Gasteiger partial charge in [0, 0.05) is 28.9 Å². The van der Waals surface area contributed by atoms with Crippen molar-refractivity contribution in [2.45, 2.75) is 18.1 Å². The molecule has 0 atom stereocenters. The van der Waals surface area contributed by atoms with Gasteiger partial charge in [0.2, 0.25) is 0 Å². The zero-order valence-electron chi connectivity index (χ0n) is 11.9. The summed E-state index contributed by atoms with van der Waals surface area (Å²) in [6, 6.07) is 6.74. The summed E-state index contributed by atoms with van der Waals surface area (Å²) in [6.07, 6.45) is 3.26. The summed E-state index contributed by atoms with van der Waals surface area (Å²) in [7, 11) is -3.65. The minimum absolute atomic E-state index is 0.141. The predicted molar refractivity (Wildman–Crippen MR) is 84.3 cm³/mol. The van der Waals surface area contributed by atoms with Gasteiger partial charge in [0.05, 0.1) is 0 Å². The molecule has 0 saturated heterocycles. The first-order valence-electron chi connectivity index (χ1n) is 6.43. The van der Waals surface area contributed by atoms with E-state index in [-0.39, 0.29) is 10.0 Å². The van der Waals surface area contributed by atoms with Gasteiger partial charge >= 0.3 is 0 Å². The standard InChI is InChI=1S/C14H13N3O3S2/c1-9-6-14(21-10(9)2)22(18,19)17-13-7-12(20-16-13)11-4-3-5-15-8-11/h3-8H,1-2H3,(H,16,17). The molecule has 8 heteroatoms. The van der Waals surface area contributed by atoms with Gasteiger partial charge in [0.1, 0.15) is 4.21 Å². The van der Waals surface area contributed by atoms with Crippen LogP contribution in [-0.2, 0) is 10.0 Å². The maximum Gasteiger partial charge on any atom is 0.272 e. The number of nitrogens with one attached hydrogen (secondary N) is 1. The molecule has 0 radical (unpaired) electrons. The van der Waals surface area contributed by atoms with Crippen LogP contribution in [0.5, 0.6) is 0 Å². The molecule has 0 spiro atoms. The summed E-state index contributed by atoms with van der Waals surface area (Å²) in [5.41, 5.74) is 1.67. The third kappa shape index (κ3) is 2.88. The highest BCUT2D eigenvalue weighted by Gasteiger charge is 2.20. The van der Waals surface area contributed by atoms with Crippen molar-refractivity contribution in [1.29, 1.82) is 0 Å². The number of rotatable bonds is 4. The van der Waals surface area contributed by atoms with Crippen molar-refractivity contribution in [1.82, 2.24) is 10.1 Å². The lowest BCUT2D eigenvalue weighted by molar-refractivity contribution is 0.435. The molecule has 0 bridgehead atoms. The van der Waals surface area contributed by atoms with Gasteiger partial charge in [-0.25, -0.2) is 8.42 Å². The largest absolute Gasteiger partial charge is 0.354 e. The van der Waals surface area contributed by atoms with E-state index in [0.29, 0.717) is 5.76 Å². The molecular weight excluding hydrogens is 322 g/mol. The summed E-state index contributed by atoms with van der Waals surface area (Å²) in [5, 5.41) is 3.74. The average molecular weight is 335 g/mol. The first kappa shape index (κ1) is 14.7. The summed E-state index contributed by atoms with van der Waals surface area (Å²) in [5.74, 6) is 0.590. The van der Waals surface area contributed by atoms with Crippen LogP contribution in [0.2, 0.25) is 0 Å². The average Bonchev–Trinajstić information content (AvgIpc) is 3.08. The number of anilines is 1. The Morgan fingerprint density at radius 2 is 2.09 bits per heavy atom. The Balaban J connectivity index is 1.86. The van der Waals surface area contributed by atoms with E-state index in [1.54, 1.807) is 30.6 Å².